The van der Waals surface area contributed by atoms with Gasteiger partial charge in [-0.25, -0.2) is 0 Å². The molecule has 0 fully saturated rings. The number of carbonyl (C=O) groups excluding carboxylic acids is 1. The summed E-state index contributed by atoms with van der Waals surface area (Å²) in [7, 11) is 0. The molecule has 2 nitrogen and oxygen atoms in total. The van der Waals surface area contributed by atoms with Gasteiger partial charge in [0.25, 0.3) is 0 Å². The van der Waals surface area contributed by atoms with Crippen molar-refractivity contribution in [3.63, 3.8) is 0 Å². The van der Waals surface area contributed by atoms with Crippen molar-refractivity contribution in [2.24, 2.45) is 0 Å². The summed E-state index contributed by atoms with van der Waals surface area (Å²) in [5.74, 6) is -1.08. The Bertz CT molecular complexity index is 38.7. The quantitative estimate of drug-likeness (QED) is 0.328. The minimum absolute atomic E-state index is 0. The van der Waals surface area contributed by atoms with Crippen molar-refractivity contribution in [3.8, 4) is 0 Å². The number of hydrogen-bond acceptors (Lipinski definition) is 2. The van der Waals surface area contributed by atoms with E-state index in [1.165, 1.54) is 0 Å². The summed E-state index contributed by atoms with van der Waals surface area (Å²) in [4.78, 5) is 8.89. The van der Waals surface area contributed by atoms with E-state index in [0.717, 1.165) is 6.92 Å². The number of carbonyl (C=O) groups is 1. The molecule has 0 aromatic heterocycles. The van der Waals surface area contributed by atoms with E-state index in [2.05, 4.69) is 0 Å². The van der Waals surface area contributed by atoms with Gasteiger partial charge in [0, 0.05) is 5.97 Å². The zero-order valence-electron chi connectivity index (χ0n) is 4.40. The van der Waals surface area contributed by atoms with E-state index in [0.29, 0.717) is 0 Å². The van der Waals surface area contributed by atoms with Crippen LogP contribution in [0.5, 0.6) is 0 Å². The Labute approximate surface area is 101 Å². The first-order chi connectivity index (χ1) is 1.73. The summed E-state index contributed by atoms with van der Waals surface area (Å²) < 4.78 is 0. The van der Waals surface area contributed by atoms with Gasteiger partial charge in [-0.1, -0.05) is 0 Å². The molecule has 0 saturated carbocycles. The van der Waals surface area contributed by atoms with E-state index in [4.69, 9.17) is 9.90 Å². The molecule has 0 radical (unpaired) electrons. The van der Waals surface area contributed by atoms with Gasteiger partial charge < -0.3 is 22.3 Å². The molecule has 0 aliphatic carbocycles. The molecule has 0 atom stereocenters. The van der Waals surface area contributed by atoms with Gasteiger partial charge in [-0.3, -0.25) is 0 Å². The van der Waals surface area contributed by atoms with Crippen molar-refractivity contribution >= 4 is 43.7 Å². The molecule has 0 spiro atoms. The normalized spacial score (nSPS) is 3.57. The molecule has 0 heterocycles. The molecule has 32 valence electrons. The summed E-state index contributed by atoms with van der Waals surface area (Å²) in [5, 5.41) is 8.89. The predicted molar refractivity (Wildman–Crippen MR) is 16.4 cm³/mol. The molecule has 7 heavy (non-hydrogen) atoms. The third kappa shape index (κ3) is 71.2. The van der Waals surface area contributed by atoms with Crippen molar-refractivity contribution in [2.75, 3.05) is 0 Å². The van der Waals surface area contributed by atoms with Gasteiger partial charge in [0.05, 0.1) is 0 Å². The molecule has 0 unspecified atom stereocenters. The van der Waals surface area contributed by atoms with Crippen LogP contribution in [-0.2, 0) is 4.79 Å². The van der Waals surface area contributed by atoms with Gasteiger partial charge in [0.1, 0.15) is 0 Å². The first kappa shape index (κ1) is 23.0. The molecule has 0 N–H and O–H groups in total. The second kappa shape index (κ2) is 15.7. The summed E-state index contributed by atoms with van der Waals surface area (Å²) in [6.45, 7) is 0.972. The molecule has 0 aromatic carbocycles. The Balaban J connectivity index is -0.0000000150. The summed E-state index contributed by atoms with van der Waals surface area (Å²) in [6, 6.07) is 0. The third-order valence-corrected chi connectivity index (χ3v) is 0. The number of aliphatic carboxylic acids is 1. The van der Waals surface area contributed by atoms with Crippen molar-refractivity contribution in [2.45, 2.75) is 6.92 Å². The Morgan fingerprint density at radius 1 is 1.57 bits per heavy atom. The summed E-state index contributed by atoms with van der Waals surface area (Å²) >= 11 is 0. The maximum absolute atomic E-state index is 8.89. The Hall–Kier alpha value is 2.02. The topological polar surface area (TPSA) is 40.1 Å². The second-order valence-corrected chi connectivity index (χ2v) is 0.492. The van der Waals surface area contributed by atoms with E-state index in [1.54, 1.807) is 0 Å². The van der Waals surface area contributed by atoms with E-state index in [9.17, 15) is 0 Å². The van der Waals surface area contributed by atoms with Crippen LogP contribution in [0.3, 0.4) is 0 Å². The van der Waals surface area contributed by atoms with Gasteiger partial charge in [0.15, 0.2) is 0 Å². The SMILES string of the molecule is CC(=O)[O-].[Ca+2].[Cl-].[Na+]. The maximum Gasteiger partial charge on any atom is 2.00 e. The minimum Gasteiger partial charge on any atom is -1.00 e. The average Bonchev–Trinajstić information content (AvgIpc) is 0.811. The largest absolute Gasteiger partial charge is 2.00 e. The maximum atomic E-state index is 8.89. The zero-order valence-corrected chi connectivity index (χ0v) is 9.37. The average molecular weight is 158 g/mol. The predicted octanol–water partition coefficient (Wildman–Crippen LogP) is -7.62. The molecule has 0 aliphatic heterocycles. The van der Waals surface area contributed by atoms with Gasteiger partial charge in [0.2, 0.25) is 0 Å². The standard InChI is InChI=1S/C2H4O2.Ca.ClH.Na/c1-2(3)4;;;/h1H3,(H,3,4);;1H;/q;+2;;+1/p-2. The van der Waals surface area contributed by atoms with Crippen molar-refractivity contribution in [1.29, 1.82) is 0 Å². The molecule has 0 bridgehead atoms. The Morgan fingerprint density at radius 2 is 1.57 bits per heavy atom. The summed E-state index contributed by atoms with van der Waals surface area (Å²) in [6.07, 6.45) is 0. The van der Waals surface area contributed by atoms with Crippen LogP contribution in [0.25, 0.3) is 0 Å². The number of hydrogen-bond donors (Lipinski definition) is 0. The van der Waals surface area contributed by atoms with Crippen LogP contribution in [0, 0.1) is 0 Å². The molecule has 0 aliphatic rings. The Kier molecular flexibility index (Phi) is 51.6. The van der Waals surface area contributed by atoms with Crippen LogP contribution in [0.15, 0.2) is 0 Å². The van der Waals surface area contributed by atoms with Gasteiger partial charge in [-0.2, -0.15) is 0 Å². The van der Waals surface area contributed by atoms with Crippen LogP contribution in [0.1, 0.15) is 6.92 Å². The fourth-order valence-electron chi connectivity index (χ4n) is 0. The molecule has 0 aromatic rings. The van der Waals surface area contributed by atoms with E-state index in [-0.39, 0.29) is 79.7 Å². The van der Waals surface area contributed by atoms with Crippen molar-refractivity contribution in [3.05, 3.63) is 0 Å². The zero-order chi connectivity index (χ0) is 3.58. The molecule has 0 saturated heterocycles. The minimum atomic E-state index is -1.08. The van der Waals surface area contributed by atoms with Gasteiger partial charge >= 0.3 is 67.3 Å². The molecular formula is C2H3CaClNaO2+. The number of carboxylic acids is 1. The third-order valence-electron chi connectivity index (χ3n) is 0. The first-order valence-corrected chi connectivity index (χ1v) is 0.908. The number of rotatable bonds is 0. The van der Waals surface area contributed by atoms with Gasteiger partial charge in [-0.05, 0) is 6.92 Å². The van der Waals surface area contributed by atoms with E-state index < -0.39 is 5.97 Å². The van der Waals surface area contributed by atoms with Crippen LogP contribution >= 0.6 is 0 Å². The van der Waals surface area contributed by atoms with Crippen LogP contribution in [0.2, 0.25) is 0 Å². The first-order valence-electron chi connectivity index (χ1n) is 0.908. The molecule has 0 amide bonds. The van der Waals surface area contributed by atoms with Crippen LogP contribution < -0.4 is 47.1 Å². The number of carboxylic acid groups (broad SMARTS) is 1. The molecular weight excluding hydrogens is 155 g/mol. The smallest absolute Gasteiger partial charge is 1.00 e. The molecule has 5 heteroatoms. The number of halogens is 1. The van der Waals surface area contributed by atoms with Crippen molar-refractivity contribution in [1.82, 2.24) is 0 Å². The second-order valence-electron chi connectivity index (χ2n) is 0.492. The van der Waals surface area contributed by atoms with E-state index >= 15 is 0 Å². The fraction of sp³-hybridized carbons (Fsp3) is 0.500. The summed E-state index contributed by atoms with van der Waals surface area (Å²) in [5.41, 5.74) is 0. The van der Waals surface area contributed by atoms with Crippen LogP contribution in [-0.4, -0.2) is 43.7 Å². The van der Waals surface area contributed by atoms with Crippen molar-refractivity contribution < 1.29 is 51.9 Å². The Morgan fingerprint density at radius 3 is 1.57 bits per heavy atom. The van der Waals surface area contributed by atoms with E-state index in [1.807, 2.05) is 0 Å². The van der Waals surface area contributed by atoms with Gasteiger partial charge in [-0.15, -0.1) is 0 Å². The molecule has 0 rings (SSSR count). The van der Waals surface area contributed by atoms with Crippen LogP contribution in [0.4, 0.5) is 0 Å². The fourth-order valence-corrected chi connectivity index (χ4v) is 0. The monoisotopic (exact) mass is 157 g/mol.